The lowest BCUT2D eigenvalue weighted by atomic mass is 11.5. The molecular weight excluding hydrogens is 78.0 g/mol. The first-order valence-electron chi connectivity index (χ1n) is 0.802. The van der Waals surface area contributed by atoms with E-state index in [9.17, 15) is 8.78 Å². The van der Waals surface area contributed by atoms with E-state index >= 15 is 0 Å². The fraction of sp³-hybridized carbons (Fsp3) is 0. The van der Waals surface area contributed by atoms with Crippen molar-refractivity contribution in [1.29, 1.82) is 0 Å². The summed E-state index contributed by atoms with van der Waals surface area (Å²) in [7, 11) is 0. The molecule has 5 heavy (non-hydrogen) atoms. The van der Waals surface area contributed by atoms with Crippen LogP contribution in [0.5, 0.6) is 0 Å². The largest absolute Gasteiger partial charge is 0.643 e. The Balaban J connectivity index is 3.60. The number of hydrogen-bond acceptors (Lipinski definition) is 0. The van der Waals surface area contributed by atoms with Crippen molar-refractivity contribution in [2.24, 2.45) is 0 Å². The van der Waals surface area contributed by atoms with Gasteiger partial charge >= 0.3 is 6.22 Å². The van der Waals surface area contributed by atoms with Crippen LogP contribution in [-0.4, -0.2) is 11.0 Å². The molecule has 0 atom stereocenters. The van der Waals surface area contributed by atoms with Gasteiger partial charge in [0.15, 0.2) is 0 Å². The van der Waals surface area contributed by atoms with Gasteiger partial charge in [-0.2, -0.15) is 0 Å². The number of halogens is 2. The molecule has 0 radical (unpaired) electrons. The second kappa shape index (κ2) is 1.55. The normalized spacial score (nSPS) is 6.00. The van der Waals surface area contributed by atoms with Crippen LogP contribution in [0.3, 0.4) is 0 Å². The molecule has 0 saturated heterocycles. The molecule has 0 amide bonds. The van der Waals surface area contributed by atoms with E-state index in [1.165, 1.54) is 4.79 Å². The zero-order chi connectivity index (χ0) is 4.28. The van der Waals surface area contributed by atoms with Crippen molar-refractivity contribution in [3.05, 3.63) is 5.53 Å². The molecule has 0 aromatic rings. The molecule has 0 saturated carbocycles. The summed E-state index contributed by atoms with van der Waals surface area (Å²) in [4.78, 5) is 1.47. The SMILES string of the molecule is [N-]=[N+]=C(F)F. The highest BCUT2D eigenvalue weighted by Crippen LogP contribution is 1.65. The summed E-state index contributed by atoms with van der Waals surface area (Å²) in [5.41, 5.74) is 6.98. The molecule has 0 aromatic heterocycles. The summed E-state index contributed by atoms with van der Waals surface area (Å²) in [5.74, 6) is 0. The van der Waals surface area contributed by atoms with E-state index in [1.807, 2.05) is 0 Å². The third-order valence-corrected chi connectivity index (χ3v) is 0.0756. The van der Waals surface area contributed by atoms with Crippen molar-refractivity contribution in [3.63, 3.8) is 0 Å². The molecule has 0 heterocycles. The summed E-state index contributed by atoms with van der Waals surface area (Å²) >= 11 is 0. The third kappa shape index (κ3) is 3.24. The molecule has 2 nitrogen and oxygen atoms in total. The Labute approximate surface area is 26.7 Å². The van der Waals surface area contributed by atoms with E-state index in [0.29, 0.717) is 0 Å². The van der Waals surface area contributed by atoms with Gasteiger partial charge in [0.1, 0.15) is 0 Å². The number of hydrogen-bond donors (Lipinski definition) is 0. The van der Waals surface area contributed by atoms with Gasteiger partial charge in [-0.25, -0.2) is 0 Å². The highest BCUT2D eigenvalue weighted by Gasteiger charge is 1.92. The standard InChI is InChI=1S/CF2N2/c2-1(3)5-4. The minimum Gasteiger partial charge on any atom is -0.355 e. The number of nitrogens with zero attached hydrogens (tertiary/aromatic N) is 2. The van der Waals surface area contributed by atoms with Crippen molar-refractivity contribution in [2.45, 2.75) is 0 Å². The van der Waals surface area contributed by atoms with Crippen molar-refractivity contribution in [2.75, 3.05) is 0 Å². The molecule has 4 heteroatoms. The van der Waals surface area contributed by atoms with Crippen molar-refractivity contribution in [3.8, 4) is 0 Å². The van der Waals surface area contributed by atoms with Crippen LogP contribution < -0.4 is 0 Å². The highest BCUT2D eigenvalue weighted by atomic mass is 19.3. The van der Waals surface area contributed by atoms with Gasteiger partial charge in [0.2, 0.25) is 0 Å². The monoisotopic (exact) mass is 78.0 g/mol. The molecule has 0 fully saturated rings. The Bertz CT molecular complexity index is 67.7. The molecule has 0 aliphatic carbocycles. The van der Waals surface area contributed by atoms with Gasteiger partial charge in [-0.15, -0.1) is 0 Å². The van der Waals surface area contributed by atoms with Gasteiger partial charge < -0.3 is 5.53 Å². The summed E-state index contributed by atoms with van der Waals surface area (Å²) in [6.45, 7) is 0. The van der Waals surface area contributed by atoms with Crippen LogP contribution in [0.2, 0.25) is 0 Å². The first-order valence-corrected chi connectivity index (χ1v) is 0.802. The van der Waals surface area contributed by atoms with E-state index in [1.54, 1.807) is 0 Å². The Morgan fingerprint density at radius 1 is 1.60 bits per heavy atom. The lowest BCUT2D eigenvalue weighted by molar-refractivity contribution is -0.0376. The van der Waals surface area contributed by atoms with Crippen LogP contribution >= 0.6 is 0 Å². The van der Waals surface area contributed by atoms with E-state index in [2.05, 4.69) is 0 Å². The van der Waals surface area contributed by atoms with Crippen LogP contribution in [0, 0.1) is 0 Å². The van der Waals surface area contributed by atoms with Crippen LogP contribution in [0.4, 0.5) is 8.78 Å². The molecule has 0 aliphatic rings. The summed E-state index contributed by atoms with van der Waals surface area (Å²) < 4.78 is 20.5. The summed E-state index contributed by atoms with van der Waals surface area (Å²) in [6.07, 6.45) is -2.31. The van der Waals surface area contributed by atoms with Gasteiger partial charge in [0.25, 0.3) is 0 Å². The summed E-state index contributed by atoms with van der Waals surface area (Å²) in [6, 6.07) is 0. The molecule has 0 N–H and O–H groups in total. The average molecular weight is 78.0 g/mol. The molecule has 0 spiro atoms. The lowest BCUT2D eigenvalue weighted by Gasteiger charge is -1.43. The topological polar surface area (TPSA) is 36.4 Å². The van der Waals surface area contributed by atoms with E-state index < -0.39 is 6.22 Å². The molecule has 0 rings (SSSR count). The molecule has 28 valence electrons. The first-order chi connectivity index (χ1) is 2.27. The Hall–Kier alpha value is -0.760. The predicted molar refractivity (Wildman–Crippen MR) is 10.8 cm³/mol. The minimum absolute atomic E-state index is 1.47. The quantitative estimate of drug-likeness (QED) is 0.230. The van der Waals surface area contributed by atoms with Gasteiger partial charge in [-0.1, -0.05) is 13.6 Å². The van der Waals surface area contributed by atoms with Crippen LogP contribution in [0.25, 0.3) is 5.53 Å². The Morgan fingerprint density at radius 3 is 1.80 bits per heavy atom. The van der Waals surface area contributed by atoms with Crippen LogP contribution in [0.1, 0.15) is 0 Å². The fourth-order valence-electron chi connectivity index (χ4n) is 0. The van der Waals surface area contributed by atoms with Crippen molar-refractivity contribution in [1.82, 2.24) is 0 Å². The molecule has 0 bridgehead atoms. The maximum atomic E-state index is 10.3. The second-order valence-corrected chi connectivity index (χ2v) is 0.340. The van der Waals surface area contributed by atoms with Gasteiger partial charge in [-0.05, 0) is 0 Å². The summed E-state index contributed by atoms with van der Waals surface area (Å²) in [5, 5.41) is 0. The van der Waals surface area contributed by atoms with Gasteiger partial charge in [-0.3, -0.25) is 0 Å². The van der Waals surface area contributed by atoms with Gasteiger partial charge in [0.05, 0.1) is 0 Å². The molecule has 0 aliphatic heterocycles. The van der Waals surface area contributed by atoms with E-state index in [-0.39, 0.29) is 0 Å². The Morgan fingerprint density at radius 2 is 1.80 bits per heavy atom. The predicted octanol–water partition coefficient (Wildman–Crippen LogP) is 0.511. The maximum absolute atomic E-state index is 10.3. The zero-order valence-electron chi connectivity index (χ0n) is 2.15. The fourth-order valence-corrected chi connectivity index (χ4v) is 0. The van der Waals surface area contributed by atoms with Crippen molar-refractivity contribution < 1.29 is 13.6 Å². The average Bonchev–Trinajstić information content (AvgIpc) is 1.38. The van der Waals surface area contributed by atoms with E-state index in [0.717, 1.165) is 0 Å². The van der Waals surface area contributed by atoms with Crippen molar-refractivity contribution >= 4 is 6.22 Å². The first kappa shape index (κ1) is 4.24. The molecular formula is CF2N2. The van der Waals surface area contributed by atoms with Crippen LogP contribution in [0.15, 0.2) is 0 Å². The molecule has 0 unspecified atom stereocenters. The lowest BCUT2D eigenvalue weighted by Crippen LogP contribution is -1.68. The van der Waals surface area contributed by atoms with E-state index in [4.69, 9.17) is 5.53 Å². The second-order valence-electron chi connectivity index (χ2n) is 0.340. The zero-order valence-corrected chi connectivity index (χ0v) is 2.15. The number of rotatable bonds is 0. The smallest absolute Gasteiger partial charge is 0.355 e. The maximum Gasteiger partial charge on any atom is 0.643 e. The Kier molecular flexibility index (Phi) is 1.31. The third-order valence-electron chi connectivity index (χ3n) is 0.0756. The van der Waals surface area contributed by atoms with Crippen LogP contribution in [-0.2, 0) is 0 Å². The minimum atomic E-state index is -2.31. The highest BCUT2D eigenvalue weighted by molar-refractivity contribution is 5.56. The molecule has 0 aromatic carbocycles. The van der Waals surface area contributed by atoms with Gasteiger partial charge in [0, 0.05) is 0 Å².